The maximum absolute atomic E-state index is 12.8. The number of para-hydroxylation sites is 1. The fourth-order valence-corrected chi connectivity index (χ4v) is 4.03. The van der Waals surface area contributed by atoms with Crippen LogP contribution in [-0.2, 0) is 11.3 Å². The van der Waals surface area contributed by atoms with Crippen LogP contribution >= 0.6 is 11.8 Å². The van der Waals surface area contributed by atoms with Crippen molar-refractivity contribution in [3.8, 4) is 0 Å². The second-order valence-electron chi connectivity index (χ2n) is 7.30. The minimum absolute atomic E-state index is 0.00447. The number of aryl methyl sites for hydroxylation is 1. The number of nitrogens with zero attached hydrogens (tertiary/aromatic N) is 3. The first kappa shape index (κ1) is 19.0. The zero-order valence-electron chi connectivity index (χ0n) is 16.2. The SMILES string of the molecule is CCn1c(S[C@H](C)C(=O)Nc2c(C)cccc2C(C)C)nnc1C1CC1. The lowest BCUT2D eigenvalue weighted by molar-refractivity contribution is -0.115. The van der Waals surface area contributed by atoms with Crippen LogP contribution in [0.1, 0.15) is 69.3 Å². The normalized spacial score (nSPS) is 15.3. The number of benzene rings is 1. The van der Waals surface area contributed by atoms with Gasteiger partial charge < -0.3 is 9.88 Å². The number of carbonyl (C=O) groups is 1. The summed E-state index contributed by atoms with van der Waals surface area (Å²) in [7, 11) is 0. The van der Waals surface area contributed by atoms with Crippen LogP contribution in [0, 0.1) is 6.92 Å². The Labute approximate surface area is 160 Å². The van der Waals surface area contributed by atoms with Crippen LogP contribution in [0.3, 0.4) is 0 Å². The molecule has 1 fully saturated rings. The van der Waals surface area contributed by atoms with Gasteiger partial charge in [0.2, 0.25) is 5.91 Å². The van der Waals surface area contributed by atoms with Gasteiger partial charge in [0, 0.05) is 18.2 Å². The number of anilines is 1. The summed E-state index contributed by atoms with van der Waals surface area (Å²) in [5.41, 5.74) is 3.20. The third-order valence-electron chi connectivity index (χ3n) is 4.83. The maximum atomic E-state index is 12.8. The minimum Gasteiger partial charge on any atom is -0.325 e. The lowest BCUT2D eigenvalue weighted by Crippen LogP contribution is -2.24. The molecular formula is C20H28N4OS. The molecule has 1 amide bonds. The summed E-state index contributed by atoms with van der Waals surface area (Å²) in [6, 6.07) is 6.16. The van der Waals surface area contributed by atoms with Crippen LogP contribution in [0.2, 0.25) is 0 Å². The fraction of sp³-hybridized carbons (Fsp3) is 0.550. The lowest BCUT2D eigenvalue weighted by Gasteiger charge is -2.18. The average Bonchev–Trinajstić information content (AvgIpc) is 3.37. The van der Waals surface area contributed by atoms with E-state index in [0.29, 0.717) is 11.8 Å². The van der Waals surface area contributed by atoms with Crippen LogP contribution in [-0.4, -0.2) is 25.9 Å². The van der Waals surface area contributed by atoms with Crippen LogP contribution in [0.25, 0.3) is 0 Å². The highest BCUT2D eigenvalue weighted by Gasteiger charge is 2.30. The van der Waals surface area contributed by atoms with E-state index in [4.69, 9.17) is 0 Å². The Balaban J connectivity index is 1.73. The highest BCUT2D eigenvalue weighted by molar-refractivity contribution is 8.00. The molecule has 3 rings (SSSR count). The zero-order chi connectivity index (χ0) is 18.8. The summed E-state index contributed by atoms with van der Waals surface area (Å²) in [5, 5.41) is 12.4. The van der Waals surface area contributed by atoms with Crippen molar-refractivity contribution in [2.75, 3.05) is 5.32 Å². The second-order valence-corrected chi connectivity index (χ2v) is 8.61. The second kappa shape index (κ2) is 7.82. The number of aromatic nitrogens is 3. The minimum atomic E-state index is -0.240. The molecule has 0 saturated heterocycles. The number of rotatable bonds is 7. The monoisotopic (exact) mass is 372 g/mol. The molecule has 26 heavy (non-hydrogen) atoms. The summed E-state index contributed by atoms with van der Waals surface area (Å²) in [6.07, 6.45) is 2.40. The maximum Gasteiger partial charge on any atom is 0.237 e. The number of carbonyl (C=O) groups excluding carboxylic acids is 1. The number of amides is 1. The van der Waals surface area contributed by atoms with Crippen LogP contribution in [0.15, 0.2) is 23.4 Å². The highest BCUT2D eigenvalue weighted by Crippen LogP contribution is 2.40. The third-order valence-corrected chi connectivity index (χ3v) is 5.91. The van der Waals surface area contributed by atoms with Crippen molar-refractivity contribution in [1.82, 2.24) is 14.8 Å². The molecule has 140 valence electrons. The first-order valence-corrected chi connectivity index (χ1v) is 10.3. The summed E-state index contributed by atoms with van der Waals surface area (Å²) < 4.78 is 2.15. The number of thioether (sulfide) groups is 1. The predicted octanol–water partition coefficient (Wildman–Crippen LogP) is 4.73. The largest absolute Gasteiger partial charge is 0.325 e. The third kappa shape index (κ3) is 3.95. The lowest BCUT2D eigenvalue weighted by atomic mass is 9.98. The van der Waals surface area contributed by atoms with Gasteiger partial charge in [-0.1, -0.05) is 43.8 Å². The van der Waals surface area contributed by atoms with Crippen LogP contribution < -0.4 is 5.32 Å². The fourth-order valence-electron chi connectivity index (χ4n) is 3.11. The quantitative estimate of drug-likeness (QED) is 0.714. The molecule has 0 bridgehead atoms. The van der Waals surface area contributed by atoms with E-state index in [0.717, 1.165) is 28.8 Å². The molecule has 5 nitrogen and oxygen atoms in total. The zero-order valence-corrected chi connectivity index (χ0v) is 17.1. The Kier molecular flexibility index (Phi) is 5.70. The van der Waals surface area contributed by atoms with Crippen molar-refractivity contribution >= 4 is 23.4 Å². The standard InChI is InChI=1S/C20H28N4OS/c1-6-24-18(15-10-11-15)22-23-20(24)26-14(5)19(25)21-17-13(4)8-7-9-16(17)12(2)3/h7-9,12,14-15H,6,10-11H2,1-5H3,(H,21,25)/t14-/m1/s1. The molecule has 1 aromatic carbocycles. The van der Waals surface area contributed by atoms with E-state index in [9.17, 15) is 4.79 Å². The average molecular weight is 373 g/mol. The van der Waals surface area contributed by atoms with Gasteiger partial charge in [0.05, 0.1) is 5.25 Å². The molecule has 0 spiro atoms. The molecule has 1 N–H and O–H groups in total. The van der Waals surface area contributed by atoms with Crippen LogP contribution in [0.4, 0.5) is 5.69 Å². The van der Waals surface area contributed by atoms with E-state index >= 15 is 0 Å². The van der Waals surface area contributed by atoms with Gasteiger partial charge >= 0.3 is 0 Å². The van der Waals surface area contributed by atoms with Gasteiger partial charge in [-0.3, -0.25) is 4.79 Å². The Morgan fingerprint density at radius 1 is 1.31 bits per heavy atom. The molecule has 6 heteroatoms. The van der Waals surface area contributed by atoms with Crippen molar-refractivity contribution in [2.45, 2.75) is 76.2 Å². The Morgan fingerprint density at radius 2 is 2.04 bits per heavy atom. The Morgan fingerprint density at radius 3 is 2.65 bits per heavy atom. The predicted molar refractivity (Wildman–Crippen MR) is 107 cm³/mol. The van der Waals surface area contributed by atoms with E-state index in [1.54, 1.807) is 0 Å². The van der Waals surface area contributed by atoms with Crippen molar-refractivity contribution in [3.05, 3.63) is 35.2 Å². The van der Waals surface area contributed by atoms with Gasteiger partial charge in [0.15, 0.2) is 5.16 Å². The highest BCUT2D eigenvalue weighted by atomic mass is 32.2. The van der Waals surface area contributed by atoms with Gasteiger partial charge in [-0.05, 0) is 50.7 Å². The molecule has 2 aromatic rings. The van der Waals surface area contributed by atoms with Crippen molar-refractivity contribution in [1.29, 1.82) is 0 Å². The summed E-state index contributed by atoms with van der Waals surface area (Å²) in [4.78, 5) is 12.8. The summed E-state index contributed by atoms with van der Waals surface area (Å²) >= 11 is 1.49. The van der Waals surface area contributed by atoms with E-state index < -0.39 is 0 Å². The molecule has 1 aromatic heterocycles. The Bertz CT molecular complexity index is 795. The topological polar surface area (TPSA) is 59.8 Å². The van der Waals surface area contributed by atoms with Gasteiger partial charge in [-0.2, -0.15) is 0 Å². The molecule has 0 radical (unpaired) electrons. The van der Waals surface area contributed by atoms with Gasteiger partial charge in [0.1, 0.15) is 5.82 Å². The van der Waals surface area contributed by atoms with E-state index in [1.807, 2.05) is 26.0 Å². The number of hydrogen-bond donors (Lipinski definition) is 1. The smallest absolute Gasteiger partial charge is 0.237 e. The van der Waals surface area contributed by atoms with Crippen molar-refractivity contribution in [2.24, 2.45) is 0 Å². The van der Waals surface area contributed by atoms with E-state index in [1.165, 1.54) is 30.2 Å². The molecule has 1 atom stereocenters. The number of hydrogen-bond acceptors (Lipinski definition) is 4. The molecule has 1 saturated carbocycles. The molecule has 1 aliphatic carbocycles. The van der Waals surface area contributed by atoms with E-state index in [2.05, 4.69) is 46.9 Å². The molecular weight excluding hydrogens is 344 g/mol. The first-order valence-electron chi connectivity index (χ1n) is 9.42. The Hall–Kier alpha value is -1.82. The van der Waals surface area contributed by atoms with E-state index in [-0.39, 0.29) is 11.2 Å². The first-order chi connectivity index (χ1) is 12.4. The molecule has 1 aliphatic rings. The summed E-state index contributed by atoms with van der Waals surface area (Å²) in [6.45, 7) is 11.2. The molecule has 0 aliphatic heterocycles. The van der Waals surface area contributed by atoms with Gasteiger partial charge in [-0.25, -0.2) is 0 Å². The van der Waals surface area contributed by atoms with Crippen molar-refractivity contribution < 1.29 is 4.79 Å². The number of nitrogens with one attached hydrogen (secondary N) is 1. The summed E-state index contributed by atoms with van der Waals surface area (Å²) in [5.74, 6) is 1.99. The molecule has 0 unspecified atom stereocenters. The van der Waals surface area contributed by atoms with Crippen molar-refractivity contribution in [3.63, 3.8) is 0 Å². The van der Waals surface area contributed by atoms with Gasteiger partial charge in [0.25, 0.3) is 0 Å². The van der Waals surface area contributed by atoms with Crippen LogP contribution in [0.5, 0.6) is 0 Å². The van der Waals surface area contributed by atoms with Gasteiger partial charge in [-0.15, -0.1) is 10.2 Å². The molecule has 1 heterocycles.